The summed E-state index contributed by atoms with van der Waals surface area (Å²) in [6.07, 6.45) is 3.66. The number of benzene rings is 1. The molecule has 0 unspecified atom stereocenters. The summed E-state index contributed by atoms with van der Waals surface area (Å²) < 4.78 is 2.80. The van der Waals surface area contributed by atoms with Crippen LogP contribution >= 0.6 is 22.6 Å². The topological polar surface area (TPSA) is 63.6 Å². The SMILES string of the molecule is O=c1[nH]c(Cn2cc(I)cn2)nc2ccccc12. The normalized spacial score (nSPS) is 10.9. The first kappa shape index (κ1) is 11.4. The van der Waals surface area contributed by atoms with E-state index in [-0.39, 0.29) is 5.56 Å². The second-order valence-corrected chi connectivity index (χ2v) is 5.13. The number of aromatic amines is 1. The monoisotopic (exact) mass is 352 g/mol. The Balaban J connectivity index is 2.05. The van der Waals surface area contributed by atoms with Crippen LogP contribution in [0.1, 0.15) is 5.82 Å². The highest BCUT2D eigenvalue weighted by Crippen LogP contribution is 2.07. The summed E-state index contributed by atoms with van der Waals surface area (Å²) in [6.45, 7) is 0.461. The third-order valence-electron chi connectivity index (χ3n) is 2.58. The quantitative estimate of drug-likeness (QED) is 0.715. The molecular formula is C12H9IN4O. The van der Waals surface area contributed by atoms with Gasteiger partial charge in [0.15, 0.2) is 0 Å². The summed E-state index contributed by atoms with van der Waals surface area (Å²) in [5.74, 6) is 0.609. The Hall–Kier alpha value is -1.70. The van der Waals surface area contributed by atoms with Crippen LogP contribution in [-0.4, -0.2) is 19.7 Å². The standard InChI is InChI=1S/C12H9IN4O/c13-8-5-14-17(6-8)7-11-15-10-4-2-1-3-9(10)12(18)16-11/h1-6H,7H2,(H,15,16,18). The lowest BCUT2D eigenvalue weighted by Gasteiger charge is -2.02. The number of hydrogen-bond donors (Lipinski definition) is 1. The molecule has 18 heavy (non-hydrogen) atoms. The van der Waals surface area contributed by atoms with Crippen LogP contribution in [0.25, 0.3) is 10.9 Å². The van der Waals surface area contributed by atoms with E-state index in [9.17, 15) is 4.79 Å². The molecule has 3 rings (SSSR count). The summed E-state index contributed by atoms with van der Waals surface area (Å²) in [7, 11) is 0. The lowest BCUT2D eigenvalue weighted by atomic mass is 10.2. The fraction of sp³-hybridized carbons (Fsp3) is 0.0833. The number of fused-ring (bicyclic) bond motifs is 1. The molecule has 6 heteroatoms. The Morgan fingerprint density at radius 1 is 1.33 bits per heavy atom. The Labute approximate surface area is 116 Å². The highest BCUT2D eigenvalue weighted by Gasteiger charge is 2.04. The van der Waals surface area contributed by atoms with Gasteiger partial charge in [0.1, 0.15) is 5.82 Å². The molecule has 0 aliphatic rings. The van der Waals surface area contributed by atoms with E-state index in [0.717, 1.165) is 3.57 Å². The first-order valence-corrected chi connectivity index (χ1v) is 6.46. The predicted molar refractivity (Wildman–Crippen MR) is 76.4 cm³/mol. The van der Waals surface area contributed by atoms with Crippen LogP contribution in [-0.2, 0) is 6.54 Å². The maximum absolute atomic E-state index is 11.9. The van der Waals surface area contributed by atoms with E-state index in [2.05, 4.69) is 37.7 Å². The van der Waals surface area contributed by atoms with Crippen molar-refractivity contribution >= 4 is 33.5 Å². The van der Waals surface area contributed by atoms with Crippen LogP contribution in [0, 0.1) is 3.57 Å². The summed E-state index contributed by atoms with van der Waals surface area (Å²) in [4.78, 5) is 19.1. The third-order valence-corrected chi connectivity index (χ3v) is 3.13. The van der Waals surface area contributed by atoms with Gasteiger partial charge in [-0.2, -0.15) is 5.10 Å². The largest absolute Gasteiger partial charge is 0.308 e. The van der Waals surface area contributed by atoms with Crippen molar-refractivity contribution in [2.24, 2.45) is 0 Å². The van der Waals surface area contributed by atoms with Crippen LogP contribution in [0.2, 0.25) is 0 Å². The smallest absolute Gasteiger partial charge is 0.258 e. The number of nitrogens with one attached hydrogen (secondary N) is 1. The molecule has 0 bridgehead atoms. The number of halogens is 1. The molecule has 5 nitrogen and oxygen atoms in total. The first-order valence-electron chi connectivity index (χ1n) is 5.38. The van der Waals surface area contributed by atoms with Crippen molar-refractivity contribution in [3.05, 3.63) is 56.4 Å². The maximum Gasteiger partial charge on any atom is 0.258 e. The maximum atomic E-state index is 11.9. The van der Waals surface area contributed by atoms with Gasteiger partial charge in [0.25, 0.3) is 5.56 Å². The van der Waals surface area contributed by atoms with E-state index in [1.54, 1.807) is 16.9 Å². The summed E-state index contributed by atoms with van der Waals surface area (Å²) in [6, 6.07) is 7.30. The van der Waals surface area contributed by atoms with E-state index in [4.69, 9.17) is 0 Å². The van der Waals surface area contributed by atoms with Gasteiger partial charge in [-0.15, -0.1) is 0 Å². The van der Waals surface area contributed by atoms with Crippen molar-refractivity contribution in [2.45, 2.75) is 6.54 Å². The minimum Gasteiger partial charge on any atom is -0.308 e. The summed E-state index contributed by atoms with van der Waals surface area (Å²) in [5, 5.41) is 4.78. The average molecular weight is 352 g/mol. The molecule has 0 saturated heterocycles. The lowest BCUT2D eigenvalue weighted by Crippen LogP contribution is -2.14. The average Bonchev–Trinajstić information content (AvgIpc) is 2.75. The van der Waals surface area contributed by atoms with Gasteiger partial charge in [0.2, 0.25) is 0 Å². The molecule has 1 N–H and O–H groups in total. The predicted octanol–water partition coefficient (Wildman–Crippen LogP) is 1.77. The molecule has 90 valence electrons. The minimum absolute atomic E-state index is 0.113. The van der Waals surface area contributed by atoms with Gasteiger partial charge in [0, 0.05) is 6.20 Å². The number of rotatable bonds is 2. The second-order valence-electron chi connectivity index (χ2n) is 3.89. The number of hydrogen-bond acceptors (Lipinski definition) is 3. The van der Waals surface area contributed by atoms with E-state index in [1.807, 2.05) is 24.4 Å². The molecule has 0 spiro atoms. The van der Waals surface area contributed by atoms with Gasteiger partial charge in [-0.1, -0.05) is 12.1 Å². The van der Waals surface area contributed by atoms with Crippen LogP contribution in [0.15, 0.2) is 41.5 Å². The molecule has 0 aliphatic heterocycles. The van der Waals surface area contributed by atoms with Gasteiger partial charge in [-0.25, -0.2) is 4.98 Å². The third kappa shape index (κ3) is 2.15. The van der Waals surface area contributed by atoms with Gasteiger partial charge in [0.05, 0.1) is 27.2 Å². The summed E-state index contributed by atoms with van der Waals surface area (Å²) >= 11 is 2.19. The fourth-order valence-corrected chi connectivity index (χ4v) is 2.23. The number of nitrogens with zero attached hydrogens (tertiary/aromatic N) is 3. The minimum atomic E-state index is -0.113. The van der Waals surface area contributed by atoms with Crippen molar-refractivity contribution in [2.75, 3.05) is 0 Å². The van der Waals surface area contributed by atoms with Crippen molar-refractivity contribution in [1.29, 1.82) is 0 Å². The summed E-state index contributed by atoms with van der Waals surface area (Å²) in [5.41, 5.74) is 0.593. The highest BCUT2D eigenvalue weighted by molar-refractivity contribution is 14.1. The van der Waals surface area contributed by atoms with Crippen LogP contribution < -0.4 is 5.56 Å². The number of para-hydroxylation sites is 1. The molecule has 2 heterocycles. The zero-order valence-electron chi connectivity index (χ0n) is 9.30. The molecule has 0 aliphatic carbocycles. The molecule has 0 saturated carbocycles. The molecule has 0 atom stereocenters. The van der Waals surface area contributed by atoms with E-state index in [1.165, 1.54) is 0 Å². The zero-order valence-corrected chi connectivity index (χ0v) is 11.5. The number of aromatic nitrogens is 4. The molecule has 3 aromatic rings. The molecule has 0 amide bonds. The van der Waals surface area contributed by atoms with Gasteiger partial charge >= 0.3 is 0 Å². The zero-order chi connectivity index (χ0) is 12.5. The molecular weight excluding hydrogens is 343 g/mol. The van der Waals surface area contributed by atoms with Crippen molar-refractivity contribution in [3.63, 3.8) is 0 Å². The molecule has 1 aromatic carbocycles. The Morgan fingerprint density at radius 3 is 2.94 bits per heavy atom. The van der Waals surface area contributed by atoms with Gasteiger partial charge in [-0.3, -0.25) is 9.48 Å². The Kier molecular flexibility index (Phi) is 2.86. The highest BCUT2D eigenvalue weighted by atomic mass is 127. The first-order chi connectivity index (χ1) is 8.72. The van der Waals surface area contributed by atoms with Crippen LogP contribution in [0.5, 0.6) is 0 Å². The van der Waals surface area contributed by atoms with Gasteiger partial charge < -0.3 is 4.98 Å². The van der Waals surface area contributed by atoms with Crippen LogP contribution in [0.3, 0.4) is 0 Å². The Bertz CT molecular complexity index is 762. The molecule has 2 aromatic heterocycles. The van der Waals surface area contributed by atoms with E-state index >= 15 is 0 Å². The lowest BCUT2D eigenvalue weighted by molar-refractivity contribution is 0.655. The second kappa shape index (κ2) is 4.52. The van der Waals surface area contributed by atoms with Crippen molar-refractivity contribution in [3.8, 4) is 0 Å². The van der Waals surface area contributed by atoms with E-state index in [0.29, 0.717) is 23.3 Å². The van der Waals surface area contributed by atoms with Crippen molar-refractivity contribution < 1.29 is 0 Å². The van der Waals surface area contributed by atoms with Crippen LogP contribution in [0.4, 0.5) is 0 Å². The van der Waals surface area contributed by atoms with Crippen molar-refractivity contribution in [1.82, 2.24) is 19.7 Å². The fourth-order valence-electron chi connectivity index (χ4n) is 1.79. The molecule has 0 fully saturated rings. The van der Waals surface area contributed by atoms with E-state index < -0.39 is 0 Å². The Morgan fingerprint density at radius 2 is 2.17 bits per heavy atom. The molecule has 0 radical (unpaired) electrons. The number of H-pyrrole nitrogens is 1. The van der Waals surface area contributed by atoms with Gasteiger partial charge in [-0.05, 0) is 34.7 Å².